The van der Waals surface area contributed by atoms with Gasteiger partial charge in [-0.05, 0) is 41.5 Å². The Bertz CT molecular complexity index is 604. The zero-order chi connectivity index (χ0) is 14.5. The van der Waals surface area contributed by atoms with Gasteiger partial charge in [0.05, 0.1) is 4.47 Å². The Morgan fingerprint density at radius 3 is 2.85 bits per heavy atom. The molecule has 0 saturated carbocycles. The number of benzene rings is 1. The van der Waals surface area contributed by atoms with Crippen molar-refractivity contribution >= 4 is 15.9 Å². The van der Waals surface area contributed by atoms with Crippen LogP contribution in [0, 0.1) is 12.7 Å². The molecule has 0 unspecified atom stereocenters. The summed E-state index contributed by atoms with van der Waals surface area (Å²) < 4.78 is 19.7. The molecule has 20 heavy (non-hydrogen) atoms. The highest BCUT2D eigenvalue weighted by Crippen LogP contribution is 2.28. The third-order valence-corrected chi connectivity index (χ3v) is 3.41. The molecule has 0 aliphatic heterocycles. The molecule has 1 heterocycles. The number of nitrogens with one attached hydrogen (secondary N) is 1. The zero-order valence-corrected chi connectivity index (χ0v) is 13.0. The van der Waals surface area contributed by atoms with E-state index >= 15 is 0 Å². The van der Waals surface area contributed by atoms with Crippen molar-refractivity contribution in [2.45, 2.75) is 20.4 Å². The first-order chi connectivity index (χ1) is 9.60. The number of aryl methyl sites for hydroxylation is 1. The minimum Gasteiger partial charge on any atom is -0.457 e. The highest BCUT2D eigenvalue weighted by atomic mass is 79.9. The summed E-state index contributed by atoms with van der Waals surface area (Å²) in [4.78, 5) is 4.26. The van der Waals surface area contributed by atoms with E-state index in [0.717, 1.165) is 17.8 Å². The molecule has 2 aromatic rings. The van der Waals surface area contributed by atoms with E-state index in [9.17, 15) is 4.39 Å². The first-order valence-corrected chi connectivity index (χ1v) is 7.18. The van der Waals surface area contributed by atoms with Gasteiger partial charge >= 0.3 is 0 Å². The molecule has 0 aliphatic rings. The van der Waals surface area contributed by atoms with Gasteiger partial charge < -0.3 is 10.1 Å². The summed E-state index contributed by atoms with van der Waals surface area (Å²) in [5.41, 5.74) is 1.80. The second-order valence-corrected chi connectivity index (χ2v) is 5.25. The van der Waals surface area contributed by atoms with E-state index in [1.54, 1.807) is 18.3 Å². The number of hydrogen-bond acceptors (Lipinski definition) is 3. The van der Waals surface area contributed by atoms with Crippen molar-refractivity contribution in [3.63, 3.8) is 0 Å². The monoisotopic (exact) mass is 338 g/mol. The predicted molar refractivity (Wildman–Crippen MR) is 80.5 cm³/mol. The van der Waals surface area contributed by atoms with Crippen molar-refractivity contribution < 1.29 is 9.13 Å². The van der Waals surface area contributed by atoms with Crippen LogP contribution in [0.3, 0.4) is 0 Å². The molecule has 0 amide bonds. The number of hydrogen-bond donors (Lipinski definition) is 1. The van der Waals surface area contributed by atoms with Gasteiger partial charge in [-0.25, -0.2) is 4.39 Å². The smallest absolute Gasteiger partial charge is 0.141 e. The fraction of sp³-hybridized carbons (Fsp3) is 0.267. The quantitative estimate of drug-likeness (QED) is 0.887. The van der Waals surface area contributed by atoms with Crippen LogP contribution >= 0.6 is 15.9 Å². The summed E-state index contributed by atoms with van der Waals surface area (Å²) >= 11 is 3.12. The van der Waals surface area contributed by atoms with Crippen LogP contribution in [-0.4, -0.2) is 11.5 Å². The maximum Gasteiger partial charge on any atom is 0.141 e. The topological polar surface area (TPSA) is 34.2 Å². The molecule has 1 aromatic carbocycles. The maximum absolute atomic E-state index is 13.5. The molecule has 106 valence electrons. The third-order valence-electron chi connectivity index (χ3n) is 2.76. The summed E-state index contributed by atoms with van der Waals surface area (Å²) in [7, 11) is 0. The zero-order valence-electron chi connectivity index (χ0n) is 11.4. The van der Waals surface area contributed by atoms with E-state index in [1.165, 1.54) is 6.07 Å². The SMILES string of the molecule is CCNCc1cnc(C)cc1Oc1ccc(Br)c(F)c1. The van der Waals surface area contributed by atoms with Gasteiger partial charge in [0.2, 0.25) is 0 Å². The average Bonchev–Trinajstić information content (AvgIpc) is 2.42. The molecule has 2 rings (SSSR count). The Morgan fingerprint density at radius 1 is 1.35 bits per heavy atom. The Kier molecular flexibility index (Phi) is 5.09. The number of aromatic nitrogens is 1. The van der Waals surface area contributed by atoms with Crippen LogP contribution < -0.4 is 10.1 Å². The Labute approximate surface area is 126 Å². The fourth-order valence-electron chi connectivity index (χ4n) is 1.72. The largest absolute Gasteiger partial charge is 0.457 e. The molecular formula is C15H16BrFN2O. The first kappa shape index (κ1) is 14.9. The lowest BCUT2D eigenvalue weighted by Crippen LogP contribution is -2.12. The van der Waals surface area contributed by atoms with E-state index in [2.05, 4.69) is 26.2 Å². The predicted octanol–water partition coefficient (Wildman–Crippen LogP) is 4.19. The van der Waals surface area contributed by atoms with Gasteiger partial charge in [0.1, 0.15) is 17.3 Å². The Balaban J connectivity index is 2.26. The molecule has 0 spiro atoms. The van der Waals surface area contributed by atoms with Gasteiger partial charge in [0, 0.05) is 36.1 Å². The third kappa shape index (κ3) is 3.77. The number of ether oxygens (including phenoxy) is 1. The fourth-order valence-corrected chi connectivity index (χ4v) is 1.96. The molecule has 1 N–H and O–H groups in total. The van der Waals surface area contributed by atoms with Gasteiger partial charge in [-0.1, -0.05) is 6.92 Å². The molecule has 0 fully saturated rings. The lowest BCUT2D eigenvalue weighted by Gasteiger charge is -2.12. The van der Waals surface area contributed by atoms with Gasteiger partial charge in [-0.3, -0.25) is 4.98 Å². The molecule has 0 saturated heterocycles. The summed E-state index contributed by atoms with van der Waals surface area (Å²) in [5.74, 6) is 0.815. The minimum absolute atomic E-state index is 0.346. The van der Waals surface area contributed by atoms with Crippen LogP contribution in [0.2, 0.25) is 0 Å². The molecule has 0 atom stereocenters. The van der Waals surface area contributed by atoms with Crippen molar-refractivity contribution in [1.29, 1.82) is 0 Å². The van der Waals surface area contributed by atoms with Crippen molar-refractivity contribution in [2.24, 2.45) is 0 Å². The van der Waals surface area contributed by atoms with Crippen molar-refractivity contribution in [1.82, 2.24) is 10.3 Å². The van der Waals surface area contributed by atoms with Crippen LogP contribution in [-0.2, 0) is 6.54 Å². The van der Waals surface area contributed by atoms with Crippen LogP contribution in [0.25, 0.3) is 0 Å². The van der Waals surface area contributed by atoms with Crippen LogP contribution in [0.5, 0.6) is 11.5 Å². The Hall–Kier alpha value is -1.46. The van der Waals surface area contributed by atoms with Crippen molar-refractivity contribution in [2.75, 3.05) is 6.54 Å². The van der Waals surface area contributed by atoms with E-state index < -0.39 is 0 Å². The van der Waals surface area contributed by atoms with Gasteiger partial charge in [0.25, 0.3) is 0 Å². The molecule has 0 aliphatic carbocycles. The summed E-state index contributed by atoms with van der Waals surface area (Å²) in [6.07, 6.45) is 1.78. The van der Waals surface area contributed by atoms with Crippen LogP contribution in [0.15, 0.2) is 34.9 Å². The van der Waals surface area contributed by atoms with E-state index in [1.807, 2.05) is 19.9 Å². The standard InChI is InChI=1S/C15H16BrFN2O/c1-3-18-8-11-9-19-10(2)6-15(11)20-12-4-5-13(16)14(17)7-12/h4-7,9,18H,3,8H2,1-2H3. The Morgan fingerprint density at radius 2 is 2.15 bits per heavy atom. The first-order valence-electron chi connectivity index (χ1n) is 6.39. The van der Waals surface area contributed by atoms with E-state index in [4.69, 9.17) is 4.74 Å². The van der Waals surface area contributed by atoms with Crippen LogP contribution in [0.4, 0.5) is 4.39 Å². The highest BCUT2D eigenvalue weighted by molar-refractivity contribution is 9.10. The number of rotatable bonds is 5. The number of pyridine rings is 1. The molecular weight excluding hydrogens is 323 g/mol. The van der Waals surface area contributed by atoms with E-state index in [-0.39, 0.29) is 5.82 Å². The lowest BCUT2D eigenvalue weighted by molar-refractivity contribution is 0.466. The van der Waals surface area contributed by atoms with Crippen LogP contribution in [0.1, 0.15) is 18.2 Å². The summed E-state index contributed by atoms with van der Waals surface area (Å²) in [6, 6.07) is 6.56. The van der Waals surface area contributed by atoms with E-state index in [0.29, 0.717) is 22.5 Å². The average molecular weight is 339 g/mol. The minimum atomic E-state index is -0.346. The maximum atomic E-state index is 13.5. The normalized spacial score (nSPS) is 10.6. The van der Waals surface area contributed by atoms with Gasteiger partial charge in [-0.2, -0.15) is 0 Å². The summed E-state index contributed by atoms with van der Waals surface area (Å²) in [5, 5.41) is 3.23. The summed E-state index contributed by atoms with van der Waals surface area (Å²) in [6.45, 7) is 5.46. The highest BCUT2D eigenvalue weighted by Gasteiger charge is 2.08. The number of halogens is 2. The van der Waals surface area contributed by atoms with Crippen molar-refractivity contribution in [3.8, 4) is 11.5 Å². The number of nitrogens with zero attached hydrogens (tertiary/aromatic N) is 1. The molecule has 5 heteroatoms. The molecule has 0 bridgehead atoms. The second kappa shape index (κ2) is 6.81. The second-order valence-electron chi connectivity index (χ2n) is 4.39. The van der Waals surface area contributed by atoms with Crippen molar-refractivity contribution in [3.05, 3.63) is 52.0 Å². The lowest BCUT2D eigenvalue weighted by atomic mass is 10.2. The molecule has 0 radical (unpaired) electrons. The van der Waals surface area contributed by atoms with Gasteiger partial charge in [0.15, 0.2) is 0 Å². The molecule has 1 aromatic heterocycles. The van der Waals surface area contributed by atoms with Gasteiger partial charge in [-0.15, -0.1) is 0 Å². The molecule has 3 nitrogen and oxygen atoms in total.